The van der Waals surface area contributed by atoms with E-state index in [1.165, 1.54) is 19.3 Å². The van der Waals surface area contributed by atoms with E-state index in [2.05, 4.69) is 38.9 Å². The van der Waals surface area contributed by atoms with Crippen LogP contribution in [0.15, 0.2) is 60.9 Å². The molecule has 6 rings (SSSR count). The van der Waals surface area contributed by atoms with E-state index in [9.17, 15) is 4.79 Å². The largest absolute Gasteiger partial charge is 0.437 e. The number of pyridine rings is 1. The molecule has 3 N–H and O–H groups in total. The Morgan fingerprint density at radius 3 is 2.71 bits per heavy atom. The molecule has 2 aromatic carbocycles. The van der Waals surface area contributed by atoms with E-state index >= 15 is 0 Å². The Bertz CT molecular complexity index is 1560. The molecule has 0 spiro atoms. The quantitative estimate of drug-likeness (QED) is 0.207. The summed E-state index contributed by atoms with van der Waals surface area (Å²) < 4.78 is 6.58. The van der Waals surface area contributed by atoms with Gasteiger partial charge in [0.2, 0.25) is 17.7 Å². The number of piperidine rings is 1. The highest BCUT2D eigenvalue weighted by Crippen LogP contribution is 2.41. The second-order valence-corrected chi connectivity index (χ2v) is 12.1. The van der Waals surface area contributed by atoms with E-state index in [0.717, 1.165) is 72.1 Å². The van der Waals surface area contributed by atoms with E-state index in [0.29, 0.717) is 30.0 Å². The number of rotatable bonds is 8. The number of benzene rings is 2. The van der Waals surface area contributed by atoms with Crippen molar-refractivity contribution in [2.75, 3.05) is 23.7 Å². The highest BCUT2D eigenvalue weighted by Gasteiger charge is 2.29. The van der Waals surface area contributed by atoms with Crippen LogP contribution in [0.25, 0.3) is 22.0 Å². The van der Waals surface area contributed by atoms with Gasteiger partial charge < -0.3 is 20.7 Å². The second kappa shape index (κ2) is 12.4. The molecular formula is C34H40N6O2. The van der Waals surface area contributed by atoms with E-state index in [-0.39, 0.29) is 11.3 Å². The first-order valence-corrected chi connectivity index (χ1v) is 15.2. The standard InChI is InChI=1S/C34H40N6O2/c1-23-13-14-25-26(10-6-12-28(25)39-30(41)21-34(2)16-4-3-5-17-34)31(23)42-32-27(11-8-19-36-32)29-15-20-37-33(40-29)38-24-9-7-18-35-22-24/h6,8,10-15,19-20,24,35H,3-5,7,9,16-18,21-22H2,1-2H3,(H,39,41)(H,37,38,40)/t24-/m0/s1. The Morgan fingerprint density at radius 2 is 1.88 bits per heavy atom. The van der Waals surface area contributed by atoms with Gasteiger partial charge in [0.15, 0.2) is 0 Å². The maximum Gasteiger partial charge on any atom is 0.228 e. The number of carbonyl (C=O) groups is 1. The lowest BCUT2D eigenvalue weighted by atomic mass is 9.73. The normalized spacial score (nSPS) is 18.4. The lowest BCUT2D eigenvalue weighted by Crippen LogP contribution is -2.38. The predicted molar refractivity (Wildman–Crippen MR) is 168 cm³/mol. The van der Waals surface area contributed by atoms with Crippen LogP contribution in [0.1, 0.15) is 63.9 Å². The molecule has 3 heterocycles. The van der Waals surface area contributed by atoms with Crippen LogP contribution in [-0.2, 0) is 4.79 Å². The molecule has 0 unspecified atom stereocenters. The summed E-state index contributed by atoms with van der Waals surface area (Å²) in [5.41, 5.74) is 3.38. The molecule has 2 aromatic heterocycles. The molecule has 2 aliphatic rings. The van der Waals surface area contributed by atoms with Crippen molar-refractivity contribution in [3.63, 3.8) is 0 Å². The first-order valence-electron chi connectivity index (χ1n) is 15.2. The van der Waals surface area contributed by atoms with Crippen molar-refractivity contribution < 1.29 is 9.53 Å². The van der Waals surface area contributed by atoms with Crippen LogP contribution in [0.4, 0.5) is 11.6 Å². The number of anilines is 2. The van der Waals surface area contributed by atoms with Crippen LogP contribution in [0.3, 0.4) is 0 Å². The van der Waals surface area contributed by atoms with E-state index in [4.69, 9.17) is 9.72 Å². The molecule has 1 amide bonds. The highest BCUT2D eigenvalue weighted by atomic mass is 16.5. The number of carbonyl (C=O) groups excluding carboxylic acids is 1. The summed E-state index contributed by atoms with van der Waals surface area (Å²) in [5.74, 6) is 1.85. The molecule has 8 nitrogen and oxygen atoms in total. The molecule has 42 heavy (non-hydrogen) atoms. The molecule has 8 heteroatoms. The Labute approximate surface area is 247 Å². The number of fused-ring (bicyclic) bond motifs is 1. The topological polar surface area (TPSA) is 101 Å². The third-order valence-corrected chi connectivity index (χ3v) is 8.66. The number of amides is 1. The van der Waals surface area contributed by atoms with Gasteiger partial charge in [-0.15, -0.1) is 0 Å². The van der Waals surface area contributed by atoms with Crippen LogP contribution in [0, 0.1) is 12.3 Å². The van der Waals surface area contributed by atoms with Crippen molar-refractivity contribution in [1.29, 1.82) is 0 Å². The summed E-state index contributed by atoms with van der Waals surface area (Å²) >= 11 is 0. The van der Waals surface area contributed by atoms with Crippen molar-refractivity contribution >= 4 is 28.3 Å². The monoisotopic (exact) mass is 564 g/mol. The molecular weight excluding hydrogens is 524 g/mol. The van der Waals surface area contributed by atoms with Crippen molar-refractivity contribution in [3.05, 3.63) is 66.5 Å². The number of hydrogen-bond donors (Lipinski definition) is 3. The van der Waals surface area contributed by atoms with Crippen LogP contribution < -0.4 is 20.7 Å². The van der Waals surface area contributed by atoms with Crippen LogP contribution in [-0.4, -0.2) is 40.0 Å². The zero-order chi connectivity index (χ0) is 28.9. The average molecular weight is 565 g/mol. The van der Waals surface area contributed by atoms with E-state index in [1.54, 1.807) is 12.4 Å². The molecule has 0 bridgehead atoms. The minimum Gasteiger partial charge on any atom is -0.437 e. The van der Waals surface area contributed by atoms with Crippen molar-refractivity contribution in [3.8, 4) is 22.9 Å². The summed E-state index contributed by atoms with van der Waals surface area (Å²) in [5, 5.41) is 11.9. The third kappa shape index (κ3) is 6.39. The molecule has 1 aliphatic heterocycles. The van der Waals surface area contributed by atoms with Gasteiger partial charge in [0.25, 0.3) is 0 Å². The van der Waals surface area contributed by atoms with Gasteiger partial charge in [-0.3, -0.25) is 4.79 Å². The molecule has 218 valence electrons. The number of ether oxygens (including phenoxy) is 1. The molecule has 0 radical (unpaired) electrons. The predicted octanol–water partition coefficient (Wildman–Crippen LogP) is 7.26. The lowest BCUT2D eigenvalue weighted by molar-refractivity contribution is -0.118. The smallest absolute Gasteiger partial charge is 0.228 e. The average Bonchev–Trinajstić information content (AvgIpc) is 3.00. The van der Waals surface area contributed by atoms with Crippen molar-refractivity contribution in [1.82, 2.24) is 20.3 Å². The zero-order valence-corrected chi connectivity index (χ0v) is 24.6. The minimum absolute atomic E-state index is 0.0686. The summed E-state index contributed by atoms with van der Waals surface area (Å²) in [6, 6.07) is 16.1. The SMILES string of the molecule is Cc1ccc2c(NC(=O)CC3(C)CCCCC3)cccc2c1Oc1ncccc1-c1ccnc(N[C@H]2CCCNC2)n1. The highest BCUT2D eigenvalue weighted by molar-refractivity contribution is 6.04. The number of hydrogen-bond acceptors (Lipinski definition) is 7. The third-order valence-electron chi connectivity index (χ3n) is 8.66. The first kappa shape index (κ1) is 28.1. The summed E-state index contributed by atoms with van der Waals surface area (Å²) in [6.45, 7) is 6.23. The maximum atomic E-state index is 13.2. The van der Waals surface area contributed by atoms with Gasteiger partial charge in [-0.05, 0) is 74.4 Å². The van der Waals surface area contributed by atoms with Gasteiger partial charge in [-0.25, -0.2) is 15.0 Å². The van der Waals surface area contributed by atoms with Gasteiger partial charge in [-0.2, -0.15) is 0 Å². The molecule has 1 saturated carbocycles. The van der Waals surface area contributed by atoms with Gasteiger partial charge in [-0.1, -0.05) is 50.5 Å². The molecule has 2 fully saturated rings. The van der Waals surface area contributed by atoms with Crippen molar-refractivity contribution in [2.45, 2.75) is 71.3 Å². The Balaban J connectivity index is 1.26. The number of nitrogens with zero attached hydrogens (tertiary/aromatic N) is 3. The number of aromatic nitrogens is 3. The Morgan fingerprint density at radius 1 is 1.00 bits per heavy atom. The summed E-state index contributed by atoms with van der Waals surface area (Å²) in [6.07, 6.45) is 12.2. The Kier molecular flexibility index (Phi) is 8.33. The number of aryl methyl sites for hydroxylation is 1. The molecule has 1 atom stereocenters. The summed E-state index contributed by atoms with van der Waals surface area (Å²) in [7, 11) is 0. The minimum atomic E-state index is 0.0686. The molecule has 4 aromatic rings. The maximum absolute atomic E-state index is 13.2. The first-order chi connectivity index (χ1) is 20.5. The van der Waals surface area contributed by atoms with Crippen molar-refractivity contribution in [2.24, 2.45) is 5.41 Å². The van der Waals surface area contributed by atoms with E-state index < -0.39 is 0 Å². The van der Waals surface area contributed by atoms with Crippen LogP contribution in [0.5, 0.6) is 11.6 Å². The van der Waals surface area contributed by atoms with Gasteiger partial charge in [0, 0.05) is 47.9 Å². The molecule has 1 aliphatic carbocycles. The van der Waals surface area contributed by atoms with Gasteiger partial charge >= 0.3 is 0 Å². The molecule has 1 saturated heterocycles. The fourth-order valence-electron chi connectivity index (χ4n) is 6.35. The fourth-order valence-corrected chi connectivity index (χ4v) is 6.35. The lowest BCUT2D eigenvalue weighted by Gasteiger charge is -2.32. The fraction of sp³-hybridized carbons (Fsp3) is 0.412. The van der Waals surface area contributed by atoms with Crippen LogP contribution in [0.2, 0.25) is 0 Å². The second-order valence-electron chi connectivity index (χ2n) is 12.1. The van der Waals surface area contributed by atoms with Gasteiger partial charge in [0.1, 0.15) is 5.75 Å². The van der Waals surface area contributed by atoms with E-state index in [1.807, 2.05) is 49.4 Å². The van der Waals surface area contributed by atoms with Gasteiger partial charge in [0.05, 0.1) is 11.3 Å². The Hall–Kier alpha value is -4.04. The summed E-state index contributed by atoms with van der Waals surface area (Å²) in [4.78, 5) is 27.0. The number of nitrogens with one attached hydrogen (secondary N) is 3. The zero-order valence-electron chi connectivity index (χ0n) is 24.6. The van der Waals surface area contributed by atoms with Crippen LogP contribution >= 0.6 is 0 Å².